The average molecular weight is 183 g/mol. The zero-order valence-electron chi connectivity index (χ0n) is 8.36. The van der Waals surface area contributed by atoms with Gasteiger partial charge in [-0.2, -0.15) is 0 Å². The number of hydrogen-bond donors (Lipinski definition) is 1. The molecule has 3 heteroatoms. The van der Waals surface area contributed by atoms with Crippen molar-refractivity contribution in [3.8, 4) is 5.75 Å². The smallest absolute Gasteiger partial charge is 0.136 e. The van der Waals surface area contributed by atoms with Crippen molar-refractivity contribution in [1.82, 2.24) is 4.48 Å². The van der Waals surface area contributed by atoms with Crippen LogP contribution in [-0.4, -0.2) is 31.2 Å². The van der Waals surface area contributed by atoms with Crippen LogP contribution in [0, 0.1) is 0 Å². The molecule has 1 aromatic carbocycles. The summed E-state index contributed by atoms with van der Waals surface area (Å²) in [6.45, 7) is 3.15. The van der Waals surface area contributed by atoms with Crippen LogP contribution in [0.4, 0.5) is 5.69 Å². The molecule has 0 aliphatic rings. The molecule has 3 nitrogen and oxygen atoms in total. The lowest BCUT2D eigenvalue weighted by Crippen LogP contribution is -2.39. The number of phenolic OH excluding ortho intramolecular Hbond substituents is 1. The number of quaternary nitrogens is 1. The van der Waals surface area contributed by atoms with Gasteiger partial charge in [-0.3, -0.25) is 4.48 Å². The summed E-state index contributed by atoms with van der Waals surface area (Å²) < 4.78 is 0.800. The van der Waals surface area contributed by atoms with Gasteiger partial charge in [0.05, 0.1) is 20.6 Å². The molecule has 0 amide bonds. The molecule has 1 aromatic rings. The summed E-state index contributed by atoms with van der Waals surface area (Å²) in [5.74, 6) is 0.340. The van der Waals surface area contributed by atoms with Gasteiger partial charge in [-0.25, -0.2) is 0 Å². The molecule has 13 heavy (non-hydrogen) atoms. The van der Waals surface area contributed by atoms with Crippen LogP contribution in [-0.2, 0) is 0 Å². The fraction of sp³-hybridized carbons (Fsp3) is 0.400. The van der Waals surface area contributed by atoms with Crippen molar-refractivity contribution in [2.45, 2.75) is 6.92 Å². The van der Waals surface area contributed by atoms with Crippen LogP contribution < -0.4 is 4.48 Å². The molecule has 0 radical (unpaired) electrons. The van der Waals surface area contributed by atoms with Crippen LogP contribution in [0.2, 0.25) is 0 Å². The van der Waals surface area contributed by atoms with Crippen molar-refractivity contribution in [3.63, 3.8) is 0 Å². The molecule has 0 fully saturated rings. The lowest BCUT2D eigenvalue weighted by molar-refractivity contribution is 0.415. The van der Waals surface area contributed by atoms with Gasteiger partial charge in [0, 0.05) is 6.07 Å². The molecular formula is C10H17NO2. The van der Waals surface area contributed by atoms with E-state index in [-0.39, 0.29) is 5.48 Å². The van der Waals surface area contributed by atoms with E-state index in [0.29, 0.717) is 5.75 Å². The van der Waals surface area contributed by atoms with E-state index in [1.807, 2.05) is 18.2 Å². The Morgan fingerprint density at radius 1 is 1.31 bits per heavy atom. The maximum atomic E-state index is 9.26. The molecule has 0 atom stereocenters. The van der Waals surface area contributed by atoms with E-state index in [1.54, 1.807) is 6.07 Å². The first-order valence-electron chi connectivity index (χ1n) is 4.19. The molecule has 0 aromatic heterocycles. The Labute approximate surface area is 79.1 Å². The monoisotopic (exact) mass is 183 g/mol. The lowest BCUT2D eigenvalue weighted by atomic mass is 10.2. The second-order valence-corrected chi connectivity index (χ2v) is 3.52. The van der Waals surface area contributed by atoms with Crippen molar-refractivity contribution in [2.75, 3.05) is 20.6 Å². The van der Waals surface area contributed by atoms with Crippen molar-refractivity contribution in [1.29, 1.82) is 0 Å². The van der Waals surface area contributed by atoms with Gasteiger partial charge >= 0.3 is 0 Å². The number of rotatable bonds is 2. The van der Waals surface area contributed by atoms with Gasteiger partial charge in [-0.1, -0.05) is 6.07 Å². The van der Waals surface area contributed by atoms with Gasteiger partial charge in [0.2, 0.25) is 0 Å². The molecule has 0 bridgehead atoms. The molecule has 1 rings (SSSR count). The van der Waals surface area contributed by atoms with Gasteiger partial charge in [0.1, 0.15) is 11.4 Å². The van der Waals surface area contributed by atoms with E-state index in [2.05, 4.69) is 21.0 Å². The topological polar surface area (TPSA) is 50.2 Å². The van der Waals surface area contributed by atoms with Crippen LogP contribution in [0.1, 0.15) is 6.92 Å². The minimum absolute atomic E-state index is 0. The van der Waals surface area contributed by atoms with Gasteiger partial charge in [-0.05, 0) is 19.1 Å². The molecule has 2 N–H and O–H groups in total. The van der Waals surface area contributed by atoms with Crippen LogP contribution in [0.3, 0.4) is 0 Å². The minimum atomic E-state index is 0. The maximum absolute atomic E-state index is 9.26. The highest BCUT2D eigenvalue weighted by molar-refractivity contribution is 5.46. The zero-order chi connectivity index (χ0) is 9.19. The van der Waals surface area contributed by atoms with E-state index in [4.69, 9.17) is 0 Å². The van der Waals surface area contributed by atoms with E-state index in [9.17, 15) is 5.11 Å². The second kappa shape index (κ2) is 4.25. The largest absolute Gasteiger partial charge is 0.870 e. The van der Waals surface area contributed by atoms with Crippen LogP contribution in [0.25, 0.3) is 0 Å². The van der Waals surface area contributed by atoms with E-state index < -0.39 is 0 Å². The summed E-state index contributed by atoms with van der Waals surface area (Å²) in [6.07, 6.45) is 0. The van der Waals surface area contributed by atoms with Crippen molar-refractivity contribution >= 4 is 5.69 Å². The highest BCUT2D eigenvalue weighted by Crippen LogP contribution is 2.22. The Bertz CT molecular complexity index is 271. The van der Waals surface area contributed by atoms with E-state index in [0.717, 1.165) is 16.7 Å². The summed E-state index contributed by atoms with van der Waals surface area (Å²) in [4.78, 5) is 0. The molecule has 74 valence electrons. The van der Waals surface area contributed by atoms with Crippen molar-refractivity contribution < 1.29 is 10.6 Å². The molecule has 0 saturated heterocycles. The maximum Gasteiger partial charge on any atom is 0.136 e. The predicted octanol–water partition coefficient (Wildman–Crippen LogP) is 1.80. The summed E-state index contributed by atoms with van der Waals surface area (Å²) in [6, 6.07) is 7.41. The van der Waals surface area contributed by atoms with Gasteiger partial charge in [0.25, 0.3) is 0 Å². The molecule has 0 heterocycles. The SMILES string of the molecule is CC[N+](C)(C)c1cccc(O)c1.[OH-]. The van der Waals surface area contributed by atoms with Gasteiger partial charge < -0.3 is 10.6 Å². The van der Waals surface area contributed by atoms with Crippen LogP contribution in [0.15, 0.2) is 24.3 Å². The number of aromatic hydroxyl groups is 1. The van der Waals surface area contributed by atoms with Gasteiger partial charge in [-0.15, -0.1) is 0 Å². The third kappa shape index (κ3) is 2.72. The van der Waals surface area contributed by atoms with E-state index >= 15 is 0 Å². The fourth-order valence-corrected chi connectivity index (χ4v) is 1.05. The lowest BCUT2D eigenvalue weighted by Gasteiger charge is -2.27. The summed E-state index contributed by atoms with van der Waals surface area (Å²) in [5, 5.41) is 9.26. The van der Waals surface area contributed by atoms with Crippen molar-refractivity contribution in [2.24, 2.45) is 0 Å². The molecule has 0 aliphatic heterocycles. The van der Waals surface area contributed by atoms with Crippen molar-refractivity contribution in [3.05, 3.63) is 24.3 Å². The first-order valence-corrected chi connectivity index (χ1v) is 4.19. The van der Waals surface area contributed by atoms with Crippen LogP contribution >= 0.6 is 0 Å². The van der Waals surface area contributed by atoms with Crippen LogP contribution in [0.5, 0.6) is 5.75 Å². The highest BCUT2D eigenvalue weighted by Gasteiger charge is 2.15. The summed E-state index contributed by atoms with van der Waals surface area (Å²) in [7, 11) is 4.24. The zero-order valence-corrected chi connectivity index (χ0v) is 8.36. The molecule has 0 spiro atoms. The normalized spacial score (nSPS) is 10.7. The molecule has 0 unspecified atom stereocenters. The first kappa shape index (κ1) is 11.9. The standard InChI is InChI=1S/C10H15NO.H2O/c1-4-11(2,3)9-6-5-7-10(12)8-9;/h5-8H,4H2,1-3H3;1H2. The minimum Gasteiger partial charge on any atom is -0.870 e. The third-order valence-corrected chi connectivity index (χ3v) is 2.32. The van der Waals surface area contributed by atoms with E-state index in [1.165, 1.54) is 0 Å². The highest BCUT2D eigenvalue weighted by atomic mass is 16.3. The quantitative estimate of drug-likeness (QED) is 0.711. The van der Waals surface area contributed by atoms with Gasteiger partial charge in [0.15, 0.2) is 0 Å². The third-order valence-electron chi connectivity index (χ3n) is 2.32. The number of phenols is 1. The molecule has 0 aliphatic carbocycles. The Balaban J connectivity index is 0.00000144. The number of benzene rings is 1. The Morgan fingerprint density at radius 2 is 1.92 bits per heavy atom. The fourth-order valence-electron chi connectivity index (χ4n) is 1.05. The predicted molar refractivity (Wildman–Crippen MR) is 54.2 cm³/mol. The summed E-state index contributed by atoms with van der Waals surface area (Å²) >= 11 is 0. The Morgan fingerprint density at radius 3 is 2.38 bits per heavy atom. The summed E-state index contributed by atoms with van der Waals surface area (Å²) in [5.41, 5.74) is 1.14. The number of hydrogen-bond acceptors (Lipinski definition) is 2. The molecule has 0 saturated carbocycles. The average Bonchev–Trinajstić information content (AvgIpc) is 2.05. The first-order chi connectivity index (χ1) is 5.56. The Hall–Kier alpha value is -1.06. The molecular weight excluding hydrogens is 166 g/mol. The second-order valence-electron chi connectivity index (χ2n) is 3.52. The number of nitrogens with zero attached hydrogens (tertiary/aromatic N) is 1. The Kier molecular flexibility index (Phi) is 3.91.